The number of hydrogen-bond acceptors (Lipinski definition) is 5. The van der Waals surface area contributed by atoms with Crippen LogP contribution < -0.4 is 5.32 Å². The van der Waals surface area contributed by atoms with E-state index in [1.165, 1.54) is 19.3 Å². The highest BCUT2D eigenvalue weighted by molar-refractivity contribution is 4.71. The van der Waals surface area contributed by atoms with E-state index in [0.29, 0.717) is 39.1 Å². The third kappa shape index (κ3) is 7.68. The number of piperidine rings is 1. The SMILES string of the molecule is COCCOCC(O)COCC1CCCCN1. The summed E-state index contributed by atoms with van der Waals surface area (Å²) in [5.41, 5.74) is 0. The summed E-state index contributed by atoms with van der Waals surface area (Å²) in [5.74, 6) is 0. The van der Waals surface area contributed by atoms with Crippen LogP contribution in [-0.4, -0.2) is 63.9 Å². The molecule has 0 bridgehead atoms. The first-order valence-electron chi connectivity index (χ1n) is 6.39. The summed E-state index contributed by atoms with van der Waals surface area (Å²) >= 11 is 0. The van der Waals surface area contributed by atoms with E-state index in [4.69, 9.17) is 14.2 Å². The van der Waals surface area contributed by atoms with Gasteiger partial charge >= 0.3 is 0 Å². The zero-order valence-electron chi connectivity index (χ0n) is 10.7. The molecule has 102 valence electrons. The van der Waals surface area contributed by atoms with Crippen molar-refractivity contribution >= 4 is 0 Å². The lowest BCUT2D eigenvalue weighted by Crippen LogP contribution is -2.38. The highest BCUT2D eigenvalue weighted by Crippen LogP contribution is 2.07. The van der Waals surface area contributed by atoms with Crippen LogP contribution in [0.5, 0.6) is 0 Å². The molecule has 0 amide bonds. The molecule has 0 spiro atoms. The van der Waals surface area contributed by atoms with E-state index in [1.54, 1.807) is 7.11 Å². The predicted octanol–water partition coefficient (Wildman–Crippen LogP) is 0.169. The summed E-state index contributed by atoms with van der Waals surface area (Å²) in [6, 6.07) is 0.449. The van der Waals surface area contributed by atoms with Gasteiger partial charge in [-0.05, 0) is 19.4 Å². The molecule has 0 aromatic heterocycles. The minimum atomic E-state index is -0.546. The Bertz CT molecular complexity index is 174. The van der Waals surface area contributed by atoms with Gasteiger partial charge in [-0.25, -0.2) is 0 Å². The molecule has 17 heavy (non-hydrogen) atoms. The van der Waals surface area contributed by atoms with Crippen LogP contribution in [0.1, 0.15) is 19.3 Å². The second kappa shape index (κ2) is 9.79. The van der Waals surface area contributed by atoms with Crippen LogP contribution in [0, 0.1) is 0 Å². The molecule has 2 unspecified atom stereocenters. The monoisotopic (exact) mass is 247 g/mol. The molecule has 0 radical (unpaired) electrons. The molecule has 1 saturated heterocycles. The number of ether oxygens (including phenoxy) is 3. The van der Waals surface area contributed by atoms with Gasteiger partial charge in [-0.1, -0.05) is 6.42 Å². The van der Waals surface area contributed by atoms with Crippen LogP contribution in [0.25, 0.3) is 0 Å². The van der Waals surface area contributed by atoms with E-state index < -0.39 is 6.10 Å². The van der Waals surface area contributed by atoms with Gasteiger partial charge in [-0.2, -0.15) is 0 Å². The maximum atomic E-state index is 9.57. The van der Waals surface area contributed by atoms with Crippen molar-refractivity contribution in [3.05, 3.63) is 0 Å². The lowest BCUT2D eigenvalue weighted by molar-refractivity contribution is -0.0324. The number of rotatable bonds is 9. The Labute approximate surface area is 103 Å². The van der Waals surface area contributed by atoms with Crippen molar-refractivity contribution in [1.82, 2.24) is 5.32 Å². The predicted molar refractivity (Wildman–Crippen MR) is 65.2 cm³/mol. The Kier molecular flexibility index (Phi) is 8.56. The zero-order valence-corrected chi connectivity index (χ0v) is 10.7. The molecule has 0 aliphatic carbocycles. The highest BCUT2D eigenvalue weighted by Gasteiger charge is 2.13. The third-order valence-electron chi connectivity index (χ3n) is 2.78. The number of hydrogen-bond donors (Lipinski definition) is 2. The Balaban J connectivity index is 1.90. The van der Waals surface area contributed by atoms with Gasteiger partial charge in [0.1, 0.15) is 6.10 Å². The van der Waals surface area contributed by atoms with E-state index in [-0.39, 0.29) is 0 Å². The quantitative estimate of drug-likeness (QED) is 0.569. The maximum absolute atomic E-state index is 9.57. The smallest absolute Gasteiger partial charge is 0.101 e. The number of methoxy groups -OCH3 is 1. The average Bonchev–Trinajstić information content (AvgIpc) is 2.36. The van der Waals surface area contributed by atoms with E-state index in [0.717, 1.165) is 6.54 Å². The van der Waals surface area contributed by atoms with Crippen molar-refractivity contribution in [2.75, 3.05) is 46.7 Å². The standard InChI is InChI=1S/C12H25NO4/c1-15-6-7-16-9-12(14)10-17-8-11-4-2-3-5-13-11/h11-14H,2-10H2,1H3. The number of aliphatic hydroxyl groups excluding tert-OH is 1. The van der Waals surface area contributed by atoms with Crippen molar-refractivity contribution in [3.8, 4) is 0 Å². The van der Waals surface area contributed by atoms with Crippen molar-refractivity contribution in [2.45, 2.75) is 31.4 Å². The van der Waals surface area contributed by atoms with E-state index in [9.17, 15) is 5.11 Å². The van der Waals surface area contributed by atoms with Crippen LogP contribution in [0.2, 0.25) is 0 Å². The van der Waals surface area contributed by atoms with E-state index in [1.807, 2.05) is 0 Å². The van der Waals surface area contributed by atoms with E-state index >= 15 is 0 Å². The molecule has 1 aliphatic heterocycles. The van der Waals surface area contributed by atoms with Crippen LogP contribution in [-0.2, 0) is 14.2 Å². The van der Waals surface area contributed by atoms with Gasteiger partial charge in [0.05, 0.1) is 33.0 Å². The molecule has 5 heteroatoms. The van der Waals surface area contributed by atoms with Crippen molar-refractivity contribution in [3.63, 3.8) is 0 Å². The van der Waals surface area contributed by atoms with Gasteiger partial charge < -0.3 is 24.6 Å². The second-order valence-corrected chi connectivity index (χ2v) is 4.41. The molecule has 0 aromatic carbocycles. The summed E-state index contributed by atoms with van der Waals surface area (Å²) in [6.07, 6.45) is 3.15. The average molecular weight is 247 g/mol. The first kappa shape index (κ1) is 14.9. The van der Waals surface area contributed by atoms with Crippen molar-refractivity contribution in [2.24, 2.45) is 0 Å². The van der Waals surface area contributed by atoms with Crippen molar-refractivity contribution < 1.29 is 19.3 Å². The normalized spacial score (nSPS) is 22.6. The minimum absolute atomic E-state index is 0.307. The first-order chi connectivity index (χ1) is 8.33. The number of nitrogens with one attached hydrogen (secondary N) is 1. The topological polar surface area (TPSA) is 60.0 Å². The van der Waals surface area contributed by atoms with Crippen LogP contribution in [0.15, 0.2) is 0 Å². The van der Waals surface area contributed by atoms with Gasteiger partial charge in [-0.3, -0.25) is 0 Å². The largest absolute Gasteiger partial charge is 0.388 e. The molecular formula is C12H25NO4. The molecule has 0 saturated carbocycles. The van der Waals surface area contributed by atoms with Crippen molar-refractivity contribution in [1.29, 1.82) is 0 Å². The summed E-state index contributed by atoms with van der Waals surface area (Å²) in [5, 5.41) is 13.0. The fraction of sp³-hybridized carbons (Fsp3) is 1.00. The Morgan fingerprint density at radius 2 is 2.06 bits per heavy atom. The fourth-order valence-corrected chi connectivity index (χ4v) is 1.82. The lowest BCUT2D eigenvalue weighted by atomic mass is 10.1. The van der Waals surface area contributed by atoms with Gasteiger partial charge in [0.2, 0.25) is 0 Å². The summed E-state index contributed by atoms with van der Waals surface area (Å²) in [7, 11) is 1.63. The van der Waals surface area contributed by atoms with Gasteiger partial charge in [0.15, 0.2) is 0 Å². The summed E-state index contributed by atoms with van der Waals surface area (Å²) in [6.45, 7) is 3.47. The Morgan fingerprint density at radius 1 is 1.24 bits per heavy atom. The summed E-state index contributed by atoms with van der Waals surface area (Å²) < 4.78 is 15.5. The molecule has 2 N–H and O–H groups in total. The molecule has 1 fully saturated rings. The van der Waals surface area contributed by atoms with Crippen LogP contribution in [0.4, 0.5) is 0 Å². The minimum Gasteiger partial charge on any atom is -0.388 e. The van der Waals surface area contributed by atoms with Gasteiger partial charge in [0.25, 0.3) is 0 Å². The summed E-state index contributed by atoms with van der Waals surface area (Å²) in [4.78, 5) is 0. The van der Waals surface area contributed by atoms with Gasteiger partial charge in [0, 0.05) is 13.2 Å². The van der Waals surface area contributed by atoms with Crippen LogP contribution in [0.3, 0.4) is 0 Å². The van der Waals surface area contributed by atoms with E-state index in [2.05, 4.69) is 5.32 Å². The molecule has 1 rings (SSSR count). The molecule has 1 aliphatic rings. The third-order valence-corrected chi connectivity index (χ3v) is 2.78. The molecule has 5 nitrogen and oxygen atoms in total. The Hall–Kier alpha value is -0.200. The molecule has 2 atom stereocenters. The first-order valence-corrected chi connectivity index (χ1v) is 6.39. The molecular weight excluding hydrogens is 222 g/mol. The Morgan fingerprint density at radius 3 is 2.76 bits per heavy atom. The van der Waals surface area contributed by atoms with Crippen LogP contribution >= 0.6 is 0 Å². The second-order valence-electron chi connectivity index (χ2n) is 4.41. The number of aliphatic hydroxyl groups is 1. The highest BCUT2D eigenvalue weighted by atomic mass is 16.5. The molecule has 1 heterocycles. The molecule has 0 aromatic rings. The maximum Gasteiger partial charge on any atom is 0.101 e. The van der Waals surface area contributed by atoms with Gasteiger partial charge in [-0.15, -0.1) is 0 Å². The lowest BCUT2D eigenvalue weighted by Gasteiger charge is -2.23. The fourth-order valence-electron chi connectivity index (χ4n) is 1.82. The zero-order chi connectivity index (χ0) is 12.3.